The molecule has 2 rings (SSSR count). The van der Waals surface area contributed by atoms with Crippen LogP contribution in [0.5, 0.6) is 0 Å². The molecule has 1 N–H and O–H groups in total. The van der Waals surface area contributed by atoms with Crippen molar-refractivity contribution < 1.29 is 4.39 Å². The van der Waals surface area contributed by atoms with Crippen LogP contribution in [0, 0.1) is 5.82 Å². The van der Waals surface area contributed by atoms with Crippen molar-refractivity contribution in [3.8, 4) is 0 Å². The predicted octanol–water partition coefficient (Wildman–Crippen LogP) is 3.94. The lowest BCUT2D eigenvalue weighted by Crippen LogP contribution is -2.30. The van der Waals surface area contributed by atoms with E-state index in [2.05, 4.69) is 40.7 Å². The summed E-state index contributed by atoms with van der Waals surface area (Å²) in [5.41, 5.74) is 2.39. The minimum absolute atomic E-state index is 0.192. The first kappa shape index (κ1) is 17.0. The monoisotopic (exact) mass is 318 g/mol. The molecule has 4 heteroatoms. The highest BCUT2D eigenvalue weighted by Gasteiger charge is 2.13. The van der Waals surface area contributed by atoms with Gasteiger partial charge >= 0.3 is 0 Å². The second-order valence-electron chi connectivity index (χ2n) is 5.51. The van der Waals surface area contributed by atoms with E-state index < -0.39 is 0 Å². The number of nitrogens with zero attached hydrogens (tertiary/aromatic N) is 1. The second-order valence-corrected chi connectivity index (χ2v) is 6.39. The fraction of sp³-hybridized carbons (Fsp3) is 0.333. The Bertz CT molecular complexity index is 567. The Morgan fingerprint density at radius 2 is 1.68 bits per heavy atom. The van der Waals surface area contributed by atoms with Crippen LogP contribution in [0.25, 0.3) is 0 Å². The average Bonchev–Trinajstić information content (AvgIpc) is 2.53. The normalized spacial score (nSPS) is 12.6. The van der Waals surface area contributed by atoms with Gasteiger partial charge in [-0.3, -0.25) is 0 Å². The van der Waals surface area contributed by atoms with Gasteiger partial charge in [0.15, 0.2) is 0 Å². The van der Waals surface area contributed by atoms with Crippen LogP contribution >= 0.6 is 11.8 Å². The van der Waals surface area contributed by atoms with Crippen LogP contribution in [-0.2, 0) is 6.54 Å². The Morgan fingerprint density at radius 3 is 2.23 bits per heavy atom. The summed E-state index contributed by atoms with van der Waals surface area (Å²) in [5, 5.41) is 3.49. The summed E-state index contributed by atoms with van der Waals surface area (Å²) in [6.07, 6.45) is 2.08. The van der Waals surface area contributed by atoms with Gasteiger partial charge in [0.25, 0.3) is 0 Å². The van der Waals surface area contributed by atoms with Crippen molar-refractivity contribution in [2.75, 3.05) is 26.9 Å². The van der Waals surface area contributed by atoms with Gasteiger partial charge in [-0.15, -0.1) is 11.8 Å². The minimum Gasteiger partial charge on any atom is -0.311 e. The molecule has 1 unspecified atom stereocenters. The van der Waals surface area contributed by atoms with Gasteiger partial charge in [-0.05, 0) is 55.7 Å². The molecule has 0 fully saturated rings. The number of likely N-dealkylation sites (N-methyl/N-ethyl adjacent to an activating group) is 1. The Labute approximate surface area is 136 Å². The van der Waals surface area contributed by atoms with Crippen LogP contribution in [0.2, 0.25) is 0 Å². The van der Waals surface area contributed by atoms with Crippen LogP contribution in [0.1, 0.15) is 17.2 Å². The number of benzene rings is 2. The van der Waals surface area contributed by atoms with Gasteiger partial charge in [-0.2, -0.15) is 0 Å². The highest BCUT2D eigenvalue weighted by Crippen LogP contribution is 2.18. The summed E-state index contributed by atoms with van der Waals surface area (Å²) in [5.74, 6) is -0.192. The largest absolute Gasteiger partial charge is 0.311 e. The van der Waals surface area contributed by atoms with Gasteiger partial charge in [0.1, 0.15) is 5.82 Å². The Morgan fingerprint density at radius 1 is 1.05 bits per heavy atom. The fourth-order valence-electron chi connectivity index (χ4n) is 2.38. The average molecular weight is 318 g/mol. The third-order valence-electron chi connectivity index (χ3n) is 3.70. The van der Waals surface area contributed by atoms with Gasteiger partial charge in [-0.25, -0.2) is 4.39 Å². The molecule has 0 aromatic heterocycles. The molecule has 118 valence electrons. The molecule has 0 bridgehead atoms. The highest BCUT2D eigenvalue weighted by molar-refractivity contribution is 7.98. The Kier molecular flexibility index (Phi) is 6.43. The zero-order chi connectivity index (χ0) is 15.9. The summed E-state index contributed by atoms with van der Waals surface area (Å²) in [4.78, 5) is 3.43. The zero-order valence-electron chi connectivity index (χ0n) is 13.3. The first-order chi connectivity index (χ1) is 10.6. The molecule has 0 aliphatic rings. The van der Waals surface area contributed by atoms with Crippen molar-refractivity contribution >= 4 is 11.8 Å². The summed E-state index contributed by atoms with van der Waals surface area (Å²) in [6, 6.07) is 15.6. The smallest absolute Gasteiger partial charge is 0.123 e. The fourth-order valence-corrected chi connectivity index (χ4v) is 2.79. The number of thioether (sulfide) groups is 1. The Balaban J connectivity index is 1.92. The van der Waals surface area contributed by atoms with Crippen molar-refractivity contribution in [1.29, 1.82) is 0 Å². The lowest BCUT2D eigenvalue weighted by Gasteiger charge is -2.25. The van der Waals surface area contributed by atoms with Gasteiger partial charge in [0, 0.05) is 24.0 Å². The summed E-state index contributed by atoms with van der Waals surface area (Å²) < 4.78 is 13.1. The summed E-state index contributed by atoms with van der Waals surface area (Å²) in [6.45, 7) is 1.66. The molecule has 2 nitrogen and oxygen atoms in total. The number of rotatable bonds is 7. The van der Waals surface area contributed by atoms with Crippen LogP contribution < -0.4 is 5.32 Å². The van der Waals surface area contributed by atoms with Crippen LogP contribution in [0.4, 0.5) is 4.39 Å². The van der Waals surface area contributed by atoms with Crippen molar-refractivity contribution in [2.24, 2.45) is 0 Å². The number of hydrogen-bond acceptors (Lipinski definition) is 3. The molecule has 0 heterocycles. The van der Waals surface area contributed by atoms with Gasteiger partial charge < -0.3 is 10.2 Å². The van der Waals surface area contributed by atoms with E-state index in [1.165, 1.54) is 22.6 Å². The lowest BCUT2D eigenvalue weighted by atomic mass is 10.1. The molecule has 2 aromatic carbocycles. The Hall–Kier alpha value is -1.36. The predicted molar refractivity (Wildman–Crippen MR) is 92.8 cm³/mol. The number of hydrogen-bond donors (Lipinski definition) is 1. The molecule has 0 saturated heterocycles. The molecule has 0 aliphatic heterocycles. The molecular formula is C18H23FN2S. The van der Waals surface area contributed by atoms with Crippen LogP contribution in [0.3, 0.4) is 0 Å². The molecule has 0 aliphatic carbocycles. The van der Waals surface area contributed by atoms with Crippen molar-refractivity contribution in [1.82, 2.24) is 10.2 Å². The third kappa shape index (κ3) is 4.83. The van der Waals surface area contributed by atoms with Crippen molar-refractivity contribution in [3.63, 3.8) is 0 Å². The topological polar surface area (TPSA) is 15.3 Å². The van der Waals surface area contributed by atoms with E-state index in [1.807, 2.05) is 26.2 Å². The van der Waals surface area contributed by atoms with Gasteiger partial charge in [-0.1, -0.05) is 24.3 Å². The molecule has 1 atom stereocenters. The molecular weight excluding hydrogens is 295 g/mol. The highest BCUT2D eigenvalue weighted by atomic mass is 32.2. The number of halogens is 1. The van der Waals surface area contributed by atoms with E-state index in [4.69, 9.17) is 0 Å². The third-order valence-corrected chi connectivity index (χ3v) is 4.45. The maximum atomic E-state index is 13.1. The van der Waals surface area contributed by atoms with Crippen molar-refractivity contribution in [2.45, 2.75) is 17.5 Å². The molecule has 0 saturated carbocycles. The van der Waals surface area contributed by atoms with E-state index in [9.17, 15) is 4.39 Å². The maximum Gasteiger partial charge on any atom is 0.123 e. The van der Waals surface area contributed by atoms with Gasteiger partial charge in [0.05, 0.1) is 0 Å². The minimum atomic E-state index is -0.192. The first-order valence-electron chi connectivity index (χ1n) is 7.35. The quantitative estimate of drug-likeness (QED) is 0.779. The van der Waals surface area contributed by atoms with E-state index >= 15 is 0 Å². The standard InChI is InChI=1S/C18H23FN2S/c1-21(2)18(15-6-8-16(19)9-7-15)13-20-12-14-4-10-17(22-3)11-5-14/h4-11,18,20H,12-13H2,1-3H3. The molecule has 2 aromatic rings. The SMILES string of the molecule is CSc1ccc(CNCC(c2ccc(F)cc2)N(C)C)cc1. The van der Waals surface area contributed by atoms with Gasteiger partial charge in [0.2, 0.25) is 0 Å². The first-order valence-corrected chi connectivity index (χ1v) is 8.58. The lowest BCUT2D eigenvalue weighted by molar-refractivity contribution is 0.288. The van der Waals surface area contributed by atoms with E-state index in [0.29, 0.717) is 0 Å². The van der Waals surface area contributed by atoms with Crippen LogP contribution in [-0.4, -0.2) is 31.8 Å². The van der Waals surface area contributed by atoms with E-state index in [1.54, 1.807) is 11.8 Å². The van der Waals surface area contributed by atoms with Crippen LogP contribution in [0.15, 0.2) is 53.4 Å². The molecule has 22 heavy (non-hydrogen) atoms. The summed E-state index contributed by atoms with van der Waals surface area (Å²) >= 11 is 1.75. The second kappa shape index (κ2) is 8.32. The van der Waals surface area contributed by atoms with E-state index in [0.717, 1.165) is 18.7 Å². The molecule has 0 radical (unpaired) electrons. The zero-order valence-corrected chi connectivity index (χ0v) is 14.2. The maximum absolute atomic E-state index is 13.1. The summed E-state index contributed by atoms with van der Waals surface area (Å²) in [7, 11) is 4.09. The van der Waals surface area contributed by atoms with Crippen molar-refractivity contribution in [3.05, 3.63) is 65.5 Å². The molecule has 0 spiro atoms. The number of nitrogens with one attached hydrogen (secondary N) is 1. The van der Waals surface area contributed by atoms with E-state index in [-0.39, 0.29) is 11.9 Å². The molecule has 0 amide bonds.